The fourth-order valence-electron chi connectivity index (χ4n) is 4.21. The van der Waals surface area contributed by atoms with E-state index in [0.29, 0.717) is 42.5 Å². The molecule has 4 aromatic rings. The van der Waals surface area contributed by atoms with Crippen molar-refractivity contribution in [1.29, 1.82) is 0 Å². The number of carbonyl (C=O) groups is 1. The molecule has 198 valence electrons. The Kier molecular flexibility index (Phi) is 6.78. The summed E-state index contributed by atoms with van der Waals surface area (Å²) in [6.45, 7) is 1.06. The molecule has 14 heteroatoms. The molecule has 1 amide bonds. The Morgan fingerprint density at radius 1 is 1.18 bits per heavy atom. The largest absolute Gasteiger partial charge is 0.376 e. The molecule has 11 nitrogen and oxygen atoms in total. The number of rotatable bonds is 8. The fourth-order valence-corrected chi connectivity index (χ4v) is 6.59. The van der Waals surface area contributed by atoms with Crippen LogP contribution in [-0.2, 0) is 19.5 Å². The summed E-state index contributed by atoms with van der Waals surface area (Å²) in [4.78, 5) is 22.9. The van der Waals surface area contributed by atoms with Crippen LogP contribution in [0.25, 0.3) is 16.0 Å². The van der Waals surface area contributed by atoms with E-state index in [-0.39, 0.29) is 16.9 Å². The number of halogens is 1. The molecule has 1 aliphatic carbocycles. The van der Waals surface area contributed by atoms with Crippen molar-refractivity contribution in [2.45, 2.75) is 30.2 Å². The molecule has 1 saturated heterocycles. The van der Waals surface area contributed by atoms with Gasteiger partial charge in [-0.05, 0) is 37.1 Å². The third kappa shape index (κ3) is 5.24. The van der Waals surface area contributed by atoms with Gasteiger partial charge in [-0.1, -0.05) is 11.6 Å². The fraction of sp³-hybridized carbons (Fsp3) is 0.333. The minimum absolute atomic E-state index is 0.244. The first-order valence-corrected chi connectivity index (χ1v) is 14.7. The predicted molar refractivity (Wildman–Crippen MR) is 142 cm³/mol. The van der Waals surface area contributed by atoms with Crippen molar-refractivity contribution in [3.05, 3.63) is 64.8 Å². The topological polar surface area (TPSA) is 137 Å². The van der Waals surface area contributed by atoms with Crippen LogP contribution in [0, 0.1) is 0 Å². The number of aromatic nitrogens is 4. The summed E-state index contributed by atoms with van der Waals surface area (Å²) in [5.74, 6) is -0.416. The van der Waals surface area contributed by atoms with Crippen molar-refractivity contribution < 1.29 is 22.7 Å². The maximum absolute atomic E-state index is 13.3. The highest BCUT2D eigenvalue weighted by Crippen LogP contribution is 2.32. The van der Waals surface area contributed by atoms with Crippen molar-refractivity contribution in [2.24, 2.45) is 0 Å². The van der Waals surface area contributed by atoms with Gasteiger partial charge in [0.25, 0.3) is 5.91 Å². The number of sulfonamides is 1. The van der Waals surface area contributed by atoms with E-state index in [1.165, 1.54) is 17.5 Å². The second kappa shape index (κ2) is 10.2. The van der Waals surface area contributed by atoms with Crippen molar-refractivity contribution in [2.75, 3.05) is 24.5 Å². The van der Waals surface area contributed by atoms with Gasteiger partial charge in [-0.15, -0.1) is 11.3 Å². The van der Waals surface area contributed by atoms with Crippen molar-refractivity contribution in [3.8, 4) is 10.4 Å². The molecule has 0 radical (unpaired) electrons. The predicted octanol–water partition coefficient (Wildman–Crippen LogP) is 3.30. The molecular weight excluding hydrogens is 552 g/mol. The Bertz CT molecular complexity index is 1600. The van der Waals surface area contributed by atoms with Gasteiger partial charge in [0, 0.05) is 29.2 Å². The summed E-state index contributed by atoms with van der Waals surface area (Å²) in [5, 5.41) is 7.76. The highest BCUT2D eigenvalue weighted by molar-refractivity contribution is 7.93. The van der Waals surface area contributed by atoms with E-state index < -0.39 is 28.1 Å². The number of fused-ring (bicyclic) bond motifs is 1. The van der Waals surface area contributed by atoms with E-state index in [9.17, 15) is 13.2 Å². The first-order chi connectivity index (χ1) is 18.4. The highest BCUT2D eigenvalue weighted by atomic mass is 35.5. The second-order valence-electron chi connectivity index (χ2n) is 9.01. The van der Waals surface area contributed by atoms with Gasteiger partial charge < -0.3 is 14.8 Å². The molecule has 2 atom stereocenters. The van der Waals surface area contributed by atoms with Crippen LogP contribution in [0.2, 0.25) is 5.02 Å². The number of pyridine rings is 2. The van der Waals surface area contributed by atoms with Crippen LogP contribution in [-0.4, -0.2) is 65.1 Å². The number of hydrogen-bond acceptors (Lipinski definition) is 9. The first-order valence-electron chi connectivity index (χ1n) is 11.9. The number of thiazole rings is 1. The Hall–Kier alpha value is -3.10. The van der Waals surface area contributed by atoms with Gasteiger partial charge in [0.05, 0.1) is 53.0 Å². The van der Waals surface area contributed by atoms with Crippen molar-refractivity contribution >= 4 is 50.1 Å². The number of hydrogen-bond donors (Lipinski definition) is 2. The van der Waals surface area contributed by atoms with E-state index in [4.69, 9.17) is 21.1 Å². The number of nitrogens with one attached hydrogen (secondary N) is 2. The molecule has 0 spiro atoms. The van der Waals surface area contributed by atoms with Crippen LogP contribution in [0.15, 0.2) is 49.1 Å². The molecule has 0 bridgehead atoms. The van der Waals surface area contributed by atoms with Gasteiger partial charge in [-0.3, -0.25) is 14.5 Å². The lowest BCUT2D eigenvalue weighted by Crippen LogP contribution is -2.43. The lowest BCUT2D eigenvalue weighted by Gasteiger charge is -2.30. The van der Waals surface area contributed by atoms with Gasteiger partial charge in [-0.2, -0.15) is 5.10 Å². The minimum Gasteiger partial charge on any atom is -0.376 e. The second-order valence-corrected chi connectivity index (χ2v) is 12.4. The van der Waals surface area contributed by atoms with E-state index in [1.54, 1.807) is 47.4 Å². The average molecular weight is 575 g/mol. The Morgan fingerprint density at radius 2 is 2.05 bits per heavy atom. The highest BCUT2D eigenvalue weighted by Gasteiger charge is 2.36. The van der Waals surface area contributed by atoms with Gasteiger partial charge in [-0.25, -0.2) is 17.9 Å². The zero-order valence-electron chi connectivity index (χ0n) is 19.9. The average Bonchev–Trinajstić information content (AvgIpc) is 3.54. The molecule has 4 aromatic heterocycles. The number of anilines is 1. The quantitative estimate of drug-likeness (QED) is 0.327. The van der Waals surface area contributed by atoms with Crippen LogP contribution in [0.4, 0.5) is 5.69 Å². The van der Waals surface area contributed by atoms with Crippen LogP contribution < -0.4 is 10.0 Å². The smallest absolute Gasteiger partial charge is 0.280 e. The number of carbonyl (C=O) groups excluding carboxylic acids is 1. The monoisotopic (exact) mass is 574 g/mol. The zero-order valence-corrected chi connectivity index (χ0v) is 22.3. The van der Waals surface area contributed by atoms with Crippen LogP contribution in [0.3, 0.4) is 0 Å². The molecule has 38 heavy (non-hydrogen) atoms. The molecule has 2 aliphatic rings. The molecule has 6 rings (SSSR count). The lowest BCUT2D eigenvalue weighted by molar-refractivity contribution is -0.101. The SMILES string of the molecule is O=C(N[C@H](c1cc(NS(=O)(=O)C2CC2)ccn1)[C@@H]1COCCO1)c1ncc(-c2cnn3ccc(Cl)cc23)s1. The van der Waals surface area contributed by atoms with E-state index in [2.05, 4.69) is 25.1 Å². The van der Waals surface area contributed by atoms with Crippen LogP contribution >= 0.6 is 22.9 Å². The van der Waals surface area contributed by atoms with Crippen LogP contribution in [0.5, 0.6) is 0 Å². The number of amides is 1. The van der Waals surface area contributed by atoms with Gasteiger partial charge in [0.2, 0.25) is 10.0 Å². The van der Waals surface area contributed by atoms with Gasteiger partial charge in [0.1, 0.15) is 12.1 Å². The Morgan fingerprint density at radius 3 is 2.84 bits per heavy atom. The zero-order chi connectivity index (χ0) is 26.3. The molecule has 0 aromatic carbocycles. The lowest BCUT2D eigenvalue weighted by atomic mass is 10.1. The molecule has 5 heterocycles. The van der Waals surface area contributed by atoms with Crippen LogP contribution in [0.1, 0.15) is 34.4 Å². The first kappa shape index (κ1) is 25.2. The number of ether oxygens (including phenoxy) is 2. The van der Waals surface area contributed by atoms with E-state index in [0.717, 1.165) is 16.0 Å². The Labute approximate surface area is 227 Å². The third-order valence-electron chi connectivity index (χ3n) is 6.27. The molecule has 1 saturated carbocycles. The van der Waals surface area contributed by atoms with Gasteiger partial charge in [0.15, 0.2) is 5.01 Å². The third-order valence-corrected chi connectivity index (χ3v) is 9.41. The summed E-state index contributed by atoms with van der Waals surface area (Å²) in [7, 11) is -3.46. The normalized spacial score (nSPS) is 18.8. The van der Waals surface area contributed by atoms with Crippen molar-refractivity contribution in [3.63, 3.8) is 0 Å². The summed E-state index contributed by atoms with van der Waals surface area (Å²) >= 11 is 7.38. The molecule has 2 N–H and O–H groups in total. The minimum atomic E-state index is -3.46. The summed E-state index contributed by atoms with van der Waals surface area (Å²) < 4.78 is 40.7. The maximum Gasteiger partial charge on any atom is 0.280 e. The summed E-state index contributed by atoms with van der Waals surface area (Å²) in [6, 6.07) is 6.04. The van der Waals surface area contributed by atoms with Gasteiger partial charge >= 0.3 is 0 Å². The number of nitrogens with zero attached hydrogens (tertiary/aromatic N) is 4. The molecule has 1 aliphatic heterocycles. The molecule has 2 fully saturated rings. The standard InChI is InChI=1S/C24H23ClN6O5S2/c25-14-4-6-31-19(9-14)17(11-28-31)21-12-27-24(37-21)23(32)29-22(20-13-35-7-8-36-20)18-10-15(3-5-26-18)30-38(33,34)16-1-2-16/h3-6,9-12,16,20,22H,1-2,7-8,13H2,(H,26,30)(H,29,32)/t20-,22+/m0/s1. The Balaban J connectivity index is 1.26. The maximum atomic E-state index is 13.3. The molecule has 0 unspecified atom stereocenters. The summed E-state index contributed by atoms with van der Waals surface area (Å²) in [5.41, 5.74) is 2.43. The molecular formula is C24H23ClN6O5S2. The van der Waals surface area contributed by atoms with Crippen molar-refractivity contribution in [1.82, 2.24) is 24.9 Å². The van der Waals surface area contributed by atoms with E-state index in [1.807, 2.05) is 0 Å². The van der Waals surface area contributed by atoms with E-state index >= 15 is 0 Å². The summed E-state index contributed by atoms with van der Waals surface area (Å²) in [6.07, 6.45) is 7.37.